The lowest BCUT2D eigenvalue weighted by molar-refractivity contribution is -0.132. The number of aliphatic carboxylic acids is 1. The van der Waals surface area contributed by atoms with Gasteiger partial charge in [-0.05, 0) is 18.6 Å². The van der Waals surface area contributed by atoms with Gasteiger partial charge in [0.2, 0.25) is 0 Å². The first-order valence-electron chi connectivity index (χ1n) is 3.53. The molecule has 1 N–H and O–H groups in total. The number of hydrogen-bond acceptors (Lipinski definition) is 1. The standard InChI is InChI=1S/C9H10BrFO2/c1-3-7(5-10)4-8(11)6(2)9(12)13/h3-4H,2,5H2,1H3,(H,12,13)/b7-3+,8-4+. The number of allylic oxidation sites excluding steroid dienone is 3. The van der Waals surface area contributed by atoms with E-state index in [1.54, 1.807) is 13.0 Å². The van der Waals surface area contributed by atoms with Crippen molar-refractivity contribution in [2.75, 3.05) is 5.33 Å². The zero-order valence-corrected chi connectivity index (χ0v) is 8.77. The molecule has 0 saturated heterocycles. The summed E-state index contributed by atoms with van der Waals surface area (Å²) in [6.45, 7) is 4.83. The van der Waals surface area contributed by atoms with E-state index < -0.39 is 17.4 Å². The van der Waals surface area contributed by atoms with Crippen LogP contribution in [0.5, 0.6) is 0 Å². The van der Waals surface area contributed by atoms with Gasteiger partial charge in [-0.3, -0.25) is 0 Å². The van der Waals surface area contributed by atoms with Gasteiger partial charge in [0.1, 0.15) is 5.83 Å². The Labute approximate surface area is 84.6 Å². The van der Waals surface area contributed by atoms with E-state index in [-0.39, 0.29) is 0 Å². The third-order valence-corrected chi connectivity index (χ3v) is 2.03. The van der Waals surface area contributed by atoms with Gasteiger partial charge in [-0.2, -0.15) is 0 Å². The van der Waals surface area contributed by atoms with Gasteiger partial charge in [0, 0.05) is 5.33 Å². The van der Waals surface area contributed by atoms with Gasteiger partial charge in [-0.1, -0.05) is 28.6 Å². The van der Waals surface area contributed by atoms with E-state index in [9.17, 15) is 9.18 Å². The zero-order valence-electron chi connectivity index (χ0n) is 7.18. The second-order valence-electron chi connectivity index (χ2n) is 2.27. The van der Waals surface area contributed by atoms with Crippen molar-refractivity contribution in [2.24, 2.45) is 0 Å². The van der Waals surface area contributed by atoms with E-state index in [0.717, 1.165) is 6.08 Å². The first kappa shape index (κ1) is 12.1. The lowest BCUT2D eigenvalue weighted by Crippen LogP contribution is -1.99. The average Bonchev–Trinajstić information content (AvgIpc) is 2.12. The molecule has 0 bridgehead atoms. The highest BCUT2D eigenvalue weighted by Gasteiger charge is 2.09. The number of rotatable bonds is 4. The summed E-state index contributed by atoms with van der Waals surface area (Å²) in [7, 11) is 0. The smallest absolute Gasteiger partial charge is 0.338 e. The normalized spacial score (nSPS) is 12.8. The monoisotopic (exact) mass is 248 g/mol. The molecule has 0 aliphatic rings. The van der Waals surface area contributed by atoms with Crippen molar-refractivity contribution in [3.05, 3.63) is 35.7 Å². The highest BCUT2D eigenvalue weighted by atomic mass is 79.9. The Bertz CT molecular complexity index is 279. The van der Waals surface area contributed by atoms with Gasteiger partial charge >= 0.3 is 5.97 Å². The van der Waals surface area contributed by atoms with Crippen LogP contribution < -0.4 is 0 Å². The minimum absolute atomic E-state index is 0.476. The van der Waals surface area contributed by atoms with Crippen LogP contribution in [0.4, 0.5) is 4.39 Å². The van der Waals surface area contributed by atoms with Crippen molar-refractivity contribution in [1.82, 2.24) is 0 Å². The van der Waals surface area contributed by atoms with E-state index in [2.05, 4.69) is 22.5 Å². The quantitative estimate of drug-likeness (QED) is 0.472. The van der Waals surface area contributed by atoms with Crippen LogP contribution in [0, 0.1) is 0 Å². The van der Waals surface area contributed by atoms with Gasteiger partial charge in [0.05, 0.1) is 5.57 Å². The summed E-state index contributed by atoms with van der Waals surface area (Å²) < 4.78 is 13.0. The molecular formula is C9H10BrFO2. The number of hydrogen-bond donors (Lipinski definition) is 1. The molecule has 0 spiro atoms. The van der Waals surface area contributed by atoms with Crippen LogP contribution in [-0.4, -0.2) is 16.4 Å². The Kier molecular flexibility index (Phi) is 5.30. The summed E-state index contributed by atoms with van der Waals surface area (Å²) in [5.74, 6) is -2.17. The molecule has 0 fully saturated rings. The Hall–Kier alpha value is -0.900. The molecule has 0 aliphatic carbocycles. The Morgan fingerprint density at radius 1 is 1.69 bits per heavy atom. The van der Waals surface area contributed by atoms with Crippen LogP contribution in [0.15, 0.2) is 35.7 Å². The third-order valence-electron chi connectivity index (χ3n) is 1.38. The Balaban J connectivity index is 4.67. The highest BCUT2D eigenvalue weighted by molar-refractivity contribution is 9.09. The van der Waals surface area contributed by atoms with Crippen LogP contribution in [0.25, 0.3) is 0 Å². The fraction of sp³-hybridized carbons (Fsp3) is 0.222. The summed E-state index contributed by atoms with van der Waals surface area (Å²) in [5.41, 5.74) is 0.139. The summed E-state index contributed by atoms with van der Waals surface area (Å²) in [6.07, 6.45) is 2.83. The SMILES string of the molecule is C=C(C(=O)O)/C(F)=C\C(=C/C)CBr. The molecule has 0 aromatic carbocycles. The van der Waals surface area contributed by atoms with Gasteiger partial charge in [-0.15, -0.1) is 0 Å². The van der Waals surface area contributed by atoms with Crippen molar-refractivity contribution in [3.63, 3.8) is 0 Å². The molecule has 0 aromatic rings. The first-order valence-corrected chi connectivity index (χ1v) is 4.66. The minimum Gasteiger partial charge on any atom is -0.478 e. The predicted molar refractivity (Wildman–Crippen MR) is 53.5 cm³/mol. The van der Waals surface area contributed by atoms with Crippen molar-refractivity contribution in [2.45, 2.75) is 6.92 Å². The second kappa shape index (κ2) is 5.70. The van der Waals surface area contributed by atoms with Gasteiger partial charge in [-0.25, -0.2) is 9.18 Å². The van der Waals surface area contributed by atoms with E-state index in [4.69, 9.17) is 5.11 Å². The zero-order chi connectivity index (χ0) is 10.4. The van der Waals surface area contributed by atoms with E-state index in [1.807, 2.05) is 0 Å². The van der Waals surface area contributed by atoms with Crippen LogP contribution >= 0.6 is 15.9 Å². The van der Waals surface area contributed by atoms with Crippen LogP contribution in [0.2, 0.25) is 0 Å². The summed E-state index contributed by atoms with van der Waals surface area (Å²) in [5, 5.41) is 8.88. The topological polar surface area (TPSA) is 37.3 Å². The molecule has 0 rings (SSSR count). The van der Waals surface area contributed by atoms with Crippen molar-refractivity contribution in [1.29, 1.82) is 0 Å². The number of halogens is 2. The second-order valence-corrected chi connectivity index (χ2v) is 2.83. The van der Waals surface area contributed by atoms with Crippen LogP contribution in [0.3, 0.4) is 0 Å². The molecule has 4 heteroatoms. The predicted octanol–water partition coefficient (Wildman–Crippen LogP) is 2.82. The number of carboxylic acids is 1. The van der Waals surface area contributed by atoms with Crippen LogP contribution in [0.1, 0.15) is 6.92 Å². The van der Waals surface area contributed by atoms with Gasteiger partial charge in [0.15, 0.2) is 0 Å². The fourth-order valence-corrected chi connectivity index (χ4v) is 1.04. The number of alkyl halides is 1. The molecule has 0 atom stereocenters. The van der Waals surface area contributed by atoms with E-state index in [0.29, 0.717) is 10.9 Å². The number of carboxylic acid groups (broad SMARTS) is 1. The molecule has 0 aliphatic heterocycles. The Morgan fingerprint density at radius 2 is 2.23 bits per heavy atom. The van der Waals surface area contributed by atoms with Crippen molar-refractivity contribution < 1.29 is 14.3 Å². The van der Waals surface area contributed by atoms with E-state index in [1.165, 1.54) is 0 Å². The van der Waals surface area contributed by atoms with Crippen molar-refractivity contribution in [3.8, 4) is 0 Å². The summed E-state index contributed by atoms with van der Waals surface area (Å²) >= 11 is 3.13. The molecule has 0 aromatic heterocycles. The number of carbonyl (C=O) groups is 1. The average molecular weight is 249 g/mol. The van der Waals surface area contributed by atoms with Gasteiger partial charge < -0.3 is 5.11 Å². The molecule has 72 valence electrons. The summed E-state index contributed by atoms with van der Waals surface area (Å²) in [4.78, 5) is 10.3. The molecule has 0 radical (unpaired) electrons. The van der Waals surface area contributed by atoms with E-state index >= 15 is 0 Å². The maximum Gasteiger partial charge on any atom is 0.338 e. The summed E-state index contributed by atoms with van der Waals surface area (Å²) in [6, 6.07) is 0. The maximum absolute atomic E-state index is 13.0. The molecule has 0 amide bonds. The lowest BCUT2D eigenvalue weighted by Gasteiger charge is -1.97. The fourth-order valence-electron chi connectivity index (χ4n) is 0.551. The van der Waals surface area contributed by atoms with Crippen LogP contribution in [-0.2, 0) is 4.79 Å². The molecule has 13 heavy (non-hydrogen) atoms. The highest BCUT2D eigenvalue weighted by Crippen LogP contribution is 2.13. The molecular weight excluding hydrogens is 239 g/mol. The third kappa shape index (κ3) is 4.03. The van der Waals surface area contributed by atoms with Gasteiger partial charge in [0.25, 0.3) is 0 Å². The molecule has 0 heterocycles. The largest absolute Gasteiger partial charge is 0.478 e. The van der Waals surface area contributed by atoms with Crippen molar-refractivity contribution >= 4 is 21.9 Å². The Morgan fingerprint density at radius 3 is 2.54 bits per heavy atom. The molecule has 2 nitrogen and oxygen atoms in total. The molecule has 0 saturated carbocycles. The minimum atomic E-state index is -1.35. The maximum atomic E-state index is 13.0. The first-order chi connectivity index (χ1) is 6.02. The molecule has 0 unspecified atom stereocenters. The lowest BCUT2D eigenvalue weighted by atomic mass is 10.2.